The minimum Gasteiger partial charge on any atom is -0.504 e. The highest BCUT2D eigenvalue weighted by Gasteiger charge is 2.40. The maximum atomic E-state index is 9.83. The molecule has 3 N–H and O–H groups in total. The van der Waals surface area contributed by atoms with Gasteiger partial charge in [0.25, 0.3) is 0 Å². The summed E-state index contributed by atoms with van der Waals surface area (Å²) >= 11 is 0. The summed E-state index contributed by atoms with van der Waals surface area (Å²) in [5.41, 5.74) is 2.47. The Hall–Kier alpha value is -3.01. The SMILES string of the molecule is CCCc1[nH]nc2c1C(c1ccc(O)c(OC)c1)C(C#N)C(=N)O2. The summed E-state index contributed by atoms with van der Waals surface area (Å²) in [4.78, 5) is 0. The van der Waals surface area contributed by atoms with E-state index in [1.165, 1.54) is 13.2 Å². The predicted octanol–water partition coefficient (Wildman–Crippen LogP) is 2.72. The van der Waals surface area contributed by atoms with E-state index in [0.29, 0.717) is 11.6 Å². The number of nitrogens with zero attached hydrogens (tertiary/aromatic N) is 2. The van der Waals surface area contributed by atoms with Gasteiger partial charge in [-0.2, -0.15) is 5.26 Å². The first-order chi connectivity index (χ1) is 11.6. The molecule has 24 heavy (non-hydrogen) atoms. The minimum absolute atomic E-state index is 0.0260. The molecule has 0 radical (unpaired) electrons. The van der Waals surface area contributed by atoms with Crippen LogP contribution in [0.3, 0.4) is 0 Å². The number of aryl methyl sites for hydroxylation is 1. The number of aromatic amines is 1. The van der Waals surface area contributed by atoms with Crippen LogP contribution < -0.4 is 9.47 Å². The predicted molar refractivity (Wildman–Crippen MR) is 86.5 cm³/mol. The number of phenolic OH excluding ortho intramolecular Hbond substituents is 1. The molecule has 2 unspecified atom stereocenters. The molecular formula is C17H18N4O3. The second-order valence-electron chi connectivity index (χ2n) is 5.65. The average Bonchev–Trinajstić information content (AvgIpc) is 2.97. The third-order valence-electron chi connectivity index (χ3n) is 4.18. The van der Waals surface area contributed by atoms with E-state index in [1.807, 2.05) is 0 Å². The lowest BCUT2D eigenvalue weighted by atomic mass is 9.79. The highest BCUT2D eigenvalue weighted by molar-refractivity contribution is 5.84. The number of rotatable bonds is 4. The number of phenols is 1. The molecule has 2 aromatic rings. The molecule has 0 bridgehead atoms. The number of fused-ring (bicyclic) bond motifs is 1. The molecule has 1 aromatic heterocycles. The summed E-state index contributed by atoms with van der Waals surface area (Å²) in [6.45, 7) is 2.05. The van der Waals surface area contributed by atoms with Crippen molar-refractivity contribution in [2.24, 2.45) is 5.92 Å². The van der Waals surface area contributed by atoms with Crippen molar-refractivity contribution in [1.29, 1.82) is 10.7 Å². The van der Waals surface area contributed by atoms with E-state index in [1.54, 1.807) is 12.1 Å². The molecule has 0 amide bonds. The summed E-state index contributed by atoms with van der Waals surface area (Å²) in [5, 5.41) is 34.5. The van der Waals surface area contributed by atoms with Gasteiger partial charge >= 0.3 is 0 Å². The van der Waals surface area contributed by atoms with Gasteiger partial charge in [-0.05, 0) is 24.1 Å². The largest absolute Gasteiger partial charge is 0.504 e. The van der Waals surface area contributed by atoms with Crippen LogP contribution in [0.2, 0.25) is 0 Å². The molecule has 7 heteroatoms. The van der Waals surface area contributed by atoms with Gasteiger partial charge in [-0.3, -0.25) is 10.5 Å². The Morgan fingerprint density at radius 2 is 2.29 bits per heavy atom. The van der Waals surface area contributed by atoms with E-state index in [4.69, 9.17) is 14.9 Å². The number of hydrogen-bond acceptors (Lipinski definition) is 6. The lowest BCUT2D eigenvalue weighted by molar-refractivity contribution is 0.372. The lowest BCUT2D eigenvalue weighted by Gasteiger charge is -2.28. The third kappa shape index (κ3) is 2.46. The van der Waals surface area contributed by atoms with Crippen molar-refractivity contribution in [3.63, 3.8) is 0 Å². The van der Waals surface area contributed by atoms with Gasteiger partial charge in [0.05, 0.1) is 13.2 Å². The van der Waals surface area contributed by atoms with Gasteiger partial charge in [-0.15, -0.1) is 5.10 Å². The normalized spacial score (nSPS) is 19.3. The molecule has 7 nitrogen and oxygen atoms in total. The van der Waals surface area contributed by atoms with Gasteiger partial charge in [0.1, 0.15) is 5.92 Å². The van der Waals surface area contributed by atoms with Crippen LogP contribution in [-0.4, -0.2) is 28.3 Å². The summed E-state index contributed by atoms with van der Waals surface area (Å²) in [7, 11) is 1.47. The molecular weight excluding hydrogens is 308 g/mol. The molecule has 124 valence electrons. The highest BCUT2D eigenvalue weighted by Crippen LogP contribution is 2.44. The van der Waals surface area contributed by atoms with E-state index in [2.05, 4.69) is 23.2 Å². The van der Waals surface area contributed by atoms with Crippen LogP contribution in [-0.2, 0) is 6.42 Å². The minimum atomic E-state index is -0.764. The number of ether oxygens (including phenoxy) is 2. The second kappa shape index (κ2) is 6.24. The standard InChI is InChI=1S/C17H18N4O3/c1-3-4-11-15-14(9-5-6-12(22)13(7-9)23-2)10(8-18)16(19)24-17(15)21-20-11/h5-7,10,14,19,22H,3-4H2,1-2H3,(H,20,21). The molecule has 1 aliphatic heterocycles. The molecule has 1 aromatic carbocycles. The Morgan fingerprint density at radius 3 is 2.96 bits per heavy atom. The van der Waals surface area contributed by atoms with Gasteiger partial charge in [-0.1, -0.05) is 19.4 Å². The number of nitrogens with one attached hydrogen (secondary N) is 2. The Kier molecular flexibility index (Phi) is 4.13. The van der Waals surface area contributed by atoms with E-state index < -0.39 is 11.8 Å². The molecule has 0 spiro atoms. The van der Waals surface area contributed by atoms with Crippen LogP contribution in [0.4, 0.5) is 0 Å². The Balaban J connectivity index is 2.18. The van der Waals surface area contributed by atoms with Crippen LogP contribution in [0.5, 0.6) is 17.4 Å². The van der Waals surface area contributed by atoms with Crippen molar-refractivity contribution in [3.8, 4) is 23.4 Å². The maximum absolute atomic E-state index is 9.83. The van der Waals surface area contributed by atoms with Gasteiger partial charge < -0.3 is 14.6 Å². The molecule has 0 fully saturated rings. The number of H-pyrrole nitrogens is 1. The van der Waals surface area contributed by atoms with Gasteiger partial charge in [0.2, 0.25) is 11.8 Å². The first-order valence-electron chi connectivity index (χ1n) is 7.70. The average molecular weight is 326 g/mol. The summed E-state index contributed by atoms with van der Waals surface area (Å²) in [5.74, 6) is -0.605. The molecule has 0 saturated carbocycles. The number of nitriles is 1. The zero-order valence-corrected chi connectivity index (χ0v) is 13.5. The number of methoxy groups -OCH3 is 1. The van der Waals surface area contributed by atoms with Gasteiger partial charge in [0, 0.05) is 17.2 Å². The molecule has 3 rings (SSSR count). The van der Waals surface area contributed by atoms with Crippen molar-refractivity contribution in [2.45, 2.75) is 25.7 Å². The van der Waals surface area contributed by atoms with E-state index in [-0.39, 0.29) is 11.6 Å². The zero-order valence-electron chi connectivity index (χ0n) is 13.5. The molecule has 2 heterocycles. The molecule has 1 aliphatic rings. The van der Waals surface area contributed by atoms with Crippen LogP contribution in [0, 0.1) is 22.7 Å². The topological polar surface area (TPSA) is 115 Å². The van der Waals surface area contributed by atoms with Crippen molar-refractivity contribution in [3.05, 3.63) is 35.0 Å². The second-order valence-corrected chi connectivity index (χ2v) is 5.65. The maximum Gasteiger partial charge on any atom is 0.243 e. The van der Waals surface area contributed by atoms with Gasteiger partial charge in [-0.25, -0.2) is 0 Å². The van der Waals surface area contributed by atoms with Crippen LogP contribution in [0.15, 0.2) is 18.2 Å². The smallest absolute Gasteiger partial charge is 0.243 e. The van der Waals surface area contributed by atoms with Crippen LogP contribution in [0.25, 0.3) is 0 Å². The summed E-state index contributed by atoms with van der Waals surface area (Å²) in [6, 6.07) is 7.11. The monoisotopic (exact) mass is 326 g/mol. The first kappa shape index (κ1) is 15.9. The summed E-state index contributed by atoms with van der Waals surface area (Å²) in [6.07, 6.45) is 1.68. The third-order valence-corrected chi connectivity index (χ3v) is 4.18. The summed E-state index contributed by atoms with van der Waals surface area (Å²) < 4.78 is 10.6. The molecule has 0 saturated heterocycles. The van der Waals surface area contributed by atoms with E-state index >= 15 is 0 Å². The fourth-order valence-electron chi connectivity index (χ4n) is 3.07. The number of benzene rings is 1. The fourth-order valence-corrected chi connectivity index (χ4v) is 3.07. The number of hydrogen-bond donors (Lipinski definition) is 3. The van der Waals surface area contributed by atoms with Crippen molar-refractivity contribution >= 4 is 5.90 Å². The Labute approximate surface area is 139 Å². The van der Waals surface area contributed by atoms with Gasteiger partial charge in [0.15, 0.2) is 11.5 Å². The van der Waals surface area contributed by atoms with E-state index in [9.17, 15) is 10.4 Å². The van der Waals surface area contributed by atoms with Crippen molar-refractivity contribution < 1.29 is 14.6 Å². The van der Waals surface area contributed by atoms with Crippen molar-refractivity contribution in [1.82, 2.24) is 10.2 Å². The number of aromatic hydroxyl groups is 1. The van der Waals surface area contributed by atoms with Crippen LogP contribution >= 0.6 is 0 Å². The Morgan fingerprint density at radius 1 is 1.50 bits per heavy atom. The quantitative estimate of drug-likeness (QED) is 0.799. The van der Waals surface area contributed by atoms with Crippen LogP contribution in [0.1, 0.15) is 36.1 Å². The molecule has 2 atom stereocenters. The first-order valence-corrected chi connectivity index (χ1v) is 7.70. The molecule has 0 aliphatic carbocycles. The Bertz CT molecular complexity index is 822. The zero-order chi connectivity index (χ0) is 17.3. The fraction of sp³-hybridized carbons (Fsp3) is 0.353. The highest BCUT2D eigenvalue weighted by atomic mass is 16.5. The number of aromatic nitrogens is 2. The van der Waals surface area contributed by atoms with E-state index in [0.717, 1.165) is 29.7 Å². The lowest BCUT2D eigenvalue weighted by Crippen LogP contribution is -2.31. The van der Waals surface area contributed by atoms with Crippen molar-refractivity contribution in [2.75, 3.05) is 7.11 Å².